The maximum atomic E-state index is 12.5. The van der Waals surface area contributed by atoms with Gasteiger partial charge >= 0.3 is 0 Å². The van der Waals surface area contributed by atoms with E-state index in [1.807, 2.05) is 0 Å². The van der Waals surface area contributed by atoms with Crippen molar-refractivity contribution >= 4 is 33.2 Å². The Kier molecular flexibility index (Phi) is 6.84. The number of hydrogen-bond acceptors (Lipinski definition) is 5. The van der Waals surface area contributed by atoms with E-state index in [0.29, 0.717) is 29.5 Å². The number of ether oxygens (including phenoxy) is 2. The summed E-state index contributed by atoms with van der Waals surface area (Å²) in [5, 5.41) is 3.03. The summed E-state index contributed by atoms with van der Waals surface area (Å²) < 4.78 is 37.5. The molecule has 2 rings (SSSR count). The van der Waals surface area contributed by atoms with E-state index in [0.717, 1.165) is 0 Å². The van der Waals surface area contributed by atoms with Crippen molar-refractivity contribution in [3.8, 4) is 5.75 Å². The van der Waals surface area contributed by atoms with Gasteiger partial charge in [0, 0.05) is 24.2 Å². The van der Waals surface area contributed by atoms with Crippen LogP contribution in [-0.2, 0) is 14.8 Å². The summed E-state index contributed by atoms with van der Waals surface area (Å²) in [6.07, 6.45) is 0. The highest BCUT2D eigenvalue weighted by Crippen LogP contribution is 2.29. The fourth-order valence-corrected chi connectivity index (χ4v) is 3.35. The first-order valence-corrected chi connectivity index (χ1v) is 9.47. The highest BCUT2D eigenvalue weighted by Gasteiger charge is 2.17. The number of halogens is 1. The van der Waals surface area contributed by atoms with Gasteiger partial charge in [-0.1, -0.05) is 11.6 Å². The standard InChI is InChI=1S/C17H19ClN2O5S/c1-24-10-9-19-17(21)12-3-6-14(7-4-12)26(22,23)20-15-11-13(18)5-8-16(15)25-2/h3-8,11,20H,9-10H2,1-2H3,(H,19,21). The van der Waals surface area contributed by atoms with Crippen LogP contribution < -0.4 is 14.8 Å². The molecule has 26 heavy (non-hydrogen) atoms. The highest BCUT2D eigenvalue weighted by atomic mass is 35.5. The molecule has 0 heterocycles. The largest absolute Gasteiger partial charge is 0.495 e. The van der Waals surface area contributed by atoms with E-state index in [1.54, 1.807) is 12.1 Å². The fraction of sp³-hybridized carbons (Fsp3) is 0.235. The van der Waals surface area contributed by atoms with Crippen molar-refractivity contribution in [3.63, 3.8) is 0 Å². The second kappa shape index (κ2) is 8.88. The lowest BCUT2D eigenvalue weighted by Gasteiger charge is -2.12. The molecule has 0 bridgehead atoms. The van der Waals surface area contributed by atoms with Crippen LogP contribution in [0.4, 0.5) is 5.69 Å². The van der Waals surface area contributed by atoms with E-state index in [1.165, 1.54) is 44.6 Å². The lowest BCUT2D eigenvalue weighted by atomic mass is 10.2. The fourth-order valence-electron chi connectivity index (χ4n) is 2.12. The zero-order valence-corrected chi connectivity index (χ0v) is 15.9. The van der Waals surface area contributed by atoms with E-state index in [9.17, 15) is 13.2 Å². The molecule has 0 aliphatic heterocycles. The lowest BCUT2D eigenvalue weighted by Crippen LogP contribution is -2.26. The van der Waals surface area contributed by atoms with Gasteiger partial charge in [-0.05, 0) is 42.5 Å². The molecule has 2 N–H and O–H groups in total. The van der Waals surface area contributed by atoms with E-state index < -0.39 is 10.0 Å². The number of hydrogen-bond donors (Lipinski definition) is 2. The number of sulfonamides is 1. The number of rotatable bonds is 8. The van der Waals surface area contributed by atoms with Crippen LogP contribution in [0.1, 0.15) is 10.4 Å². The molecule has 0 radical (unpaired) electrons. The summed E-state index contributed by atoms with van der Waals surface area (Å²) in [7, 11) is -0.902. The third kappa shape index (κ3) is 5.10. The molecule has 0 spiro atoms. The van der Waals surface area contributed by atoms with Crippen molar-refractivity contribution in [1.82, 2.24) is 5.32 Å². The summed E-state index contributed by atoms with van der Waals surface area (Å²) >= 11 is 5.91. The molecule has 0 saturated carbocycles. The summed E-state index contributed by atoms with van der Waals surface area (Å²) in [5.74, 6) is 0.0302. The van der Waals surface area contributed by atoms with Crippen LogP contribution in [0, 0.1) is 0 Å². The molecule has 2 aromatic rings. The summed E-state index contributed by atoms with van der Waals surface area (Å²) in [4.78, 5) is 11.9. The smallest absolute Gasteiger partial charge is 0.262 e. The molecule has 0 unspecified atom stereocenters. The Balaban J connectivity index is 2.17. The number of amides is 1. The molecule has 0 aliphatic carbocycles. The minimum Gasteiger partial charge on any atom is -0.495 e. The first-order valence-electron chi connectivity index (χ1n) is 7.61. The zero-order chi connectivity index (χ0) is 19.2. The van der Waals surface area contributed by atoms with Gasteiger partial charge in [0.15, 0.2) is 0 Å². The van der Waals surface area contributed by atoms with Gasteiger partial charge < -0.3 is 14.8 Å². The van der Waals surface area contributed by atoms with E-state index in [2.05, 4.69) is 10.0 Å². The van der Waals surface area contributed by atoms with Gasteiger partial charge in [0.25, 0.3) is 15.9 Å². The van der Waals surface area contributed by atoms with Crippen LogP contribution >= 0.6 is 11.6 Å². The average molecular weight is 399 g/mol. The Morgan fingerprint density at radius 2 is 1.81 bits per heavy atom. The normalized spacial score (nSPS) is 11.0. The number of anilines is 1. The molecule has 0 aliphatic rings. The SMILES string of the molecule is COCCNC(=O)c1ccc(S(=O)(=O)Nc2cc(Cl)ccc2OC)cc1. The minimum atomic E-state index is -3.87. The van der Waals surface area contributed by atoms with Crippen molar-refractivity contribution in [2.75, 3.05) is 32.1 Å². The molecule has 2 aromatic carbocycles. The summed E-state index contributed by atoms with van der Waals surface area (Å²) in [5.41, 5.74) is 0.571. The maximum absolute atomic E-state index is 12.5. The number of benzene rings is 2. The van der Waals surface area contributed by atoms with Crippen LogP contribution in [-0.4, -0.2) is 41.7 Å². The van der Waals surface area contributed by atoms with Gasteiger partial charge in [0.05, 0.1) is 24.3 Å². The maximum Gasteiger partial charge on any atom is 0.262 e. The average Bonchev–Trinajstić information content (AvgIpc) is 2.62. The number of carbonyl (C=O) groups is 1. The van der Waals surface area contributed by atoms with E-state index >= 15 is 0 Å². The van der Waals surface area contributed by atoms with Crippen LogP contribution in [0.2, 0.25) is 5.02 Å². The molecular formula is C17H19ClN2O5S. The van der Waals surface area contributed by atoms with Crippen molar-refractivity contribution in [3.05, 3.63) is 53.1 Å². The molecule has 0 saturated heterocycles. The predicted molar refractivity (Wildman–Crippen MR) is 99.5 cm³/mol. The predicted octanol–water partition coefficient (Wildman–Crippen LogP) is 2.53. The molecule has 7 nitrogen and oxygen atoms in total. The van der Waals surface area contributed by atoms with Crippen molar-refractivity contribution in [2.45, 2.75) is 4.90 Å². The Morgan fingerprint density at radius 3 is 2.42 bits per heavy atom. The van der Waals surface area contributed by atoms with Gasteiger partial charge in [-0.15, -0.1) is 0 Å². The van der Waals surface area contributed by atoms with Crippen molar-refractivity contribution in [1.29, 1.82) is 0 Å². The second-order valence-electron chi connectivity index (χ2n) is 5.22. The van der Waals surface area contributed by atoms with E-state index in [4.69, 9.17) is 21.1 Å². The Hall–Kier alpha value is -2.29. The van der Waals surface area contributed by atoms with Crippen LogP contribution in [0.5, 0.6) is 5.75 Å². The Bertz CT molecular complexity index is 869. The molecule has 140 valence electrons. The topological polar surface area (TPSA) is 93.7 Å². The third-order valence-corrected chi connectivity index (χ3v) is 5.04. The Morgan fingerprint density at radius 1 is 1.12 bits per heavy atom. The molecule has 0 fully saturated rings. The molecule has 0 aromatic heterocycles. The van der Waals surface area contributed by atoms with Crippen molar-refractivity contribution in [2.24, 2.45) is 0 Å². The van der Waals surface area contributed by atoms with Gasteiger partial charge in [0.1, 0.15) is 5.75 Å². The highest BCUT2D eigenvalue weighted by molar-refractivity contribution is 7.92. The van der Waals surface area contributed by atoms with Crippen LogP contribution in [0.25, 0.3) is 0 Å². The van der Waals surface area contributed by atoms with Gasteiger partial charge in [0.2, 0.25) is 0 Å². The number of nitrogens with one attached hydrogen (secondary N) is 2. The molecule has 9 heteroatoms. The zero-order valence-electron chi connectivity index (χ0n) is 14.3. The Labute approximate surface area is 157 Å². The van der Waals surface area contributed by atoms with Gasteiger partial charge in [-0.2, -0.15) is 0 Å². The van der Waals surface area contributed by atoms with Gasteiger partial charge in [-0.3, -0.25) is 9.52 Å². The third-order valence-electron chi connectivity index (χ3n) is 3.42. The van der Waals surface area contributed by atoms with Crippen molar-refractivity contribution < 1.29 is 22.7 Å². The van der Waals surface area contributed by atoms with Gasteiger partial charge in [-0.25, -0.2) is 8.42 Å². The number of methoxy groups -OCH3 is 2. The monoisotopic (exact) mass is 398 g/mol. The molecule has 0 atom stereocenters. The first kappa shape index (κ1) is 20.0. The second-order valence-corrected chi connectivity index (χ2v) is 7.34. The van der Waals surface area contributed by atoms with E-state index in [-0.39, 0.29) is 16.5 Å². The molecule has 1 amide bonds. The van der Waals surface area contributed by atoms with Crippen LogP contribution in [0.3, 0.4) is 0 Å². The lowest BCUT2D eigenvalue weighted by molar-refractivity contribution is 0.0937. The summed E-state index contributed by atoms with van der Waals surface area (Å²) in [6, 6.07) is 10.2. The van der Waals surface area contributed by atoms with Crippen LogP contribution in [0.15, 0.2) is 47.4 Å². The summed E-state index contributed by atoms with van der Waals surface area (Å²) in [6.45, 7) is 0.759. The minimum absolute atomic E-state index is 0.00738. The molecular weight excluding hydrogens is 380 g/mol. The first-order chi connectivity index (χ1) is 12.4. The number of carbonyl (C=O) groups excluding carboxylic acids is 1. The quantitative estimate of drug-likeness (QED) is 0.666.